The van der Waals surface area contributed by atoms with Crippen LogP contribution in [-0.4, -0.2) is 34.3 Å². The Labute approximate surface area is 110 Å². The quantitative estimate of drug-likeness (QED) is 0.847. The van der Waals surface area contributed by atoms with E-state index in [-0.39, 0.29) is 11.9 Å². The Morgan fingerprint density at radius 3 is 2.89 bits per heavy atom. The van der Waals surface area contributed by atoms with Gasteiger partial charge in [-0.05, 0) is 6.92 Å². The van der Waals surface area contributed by atoms with Gasteiger partial charge in [-0.3, -0.25) is 4.57 Å². The number of hydrogen-bond acceptors (Lipinski definition) is 5. The van der Waals surface area contributed by atoms with Gasteiger partial charge in [-0.1, -0.05) is 6.92 Å². The minimum Gasteiger partial charge on any atom is -0.384 e. The molecule has 7 heteroatoms. The average molecular weight is 275 g/mol. The molecule has 0 bridgehead atoms. The van der Waals surface area contributed by atoms with Crippen LogP contribution in [0.15, 0.2) is 11.0 Å². The van der Waals surface area contributed by atoms with Crippen molar-refractivity contribution in [3.05, 3.63) is 22.5 Å². The molecule has 0 unspecified atom stereocenters. The third-order valence-corrected chi connectivity index (χ3v) is 3.81. The number of nitrogen functional groups attached to an aromatic ring is 1. The Morgan fingerprint density at radius 1 is 1.61 bits per heavy atom. The lowest BCUT2D eigenvalue weighted by atomic mass is 10.4. The van der Waals surface area contributed by atoms with Gasteiger partial charge >= 0.3 is 5.69 Å². The van der Waals surface area contributed by atoms with E-state index in [9.17, 15) is 9.18 Å². The largest absolute Gasteiger partial charge is 0.384 e. The maximum absolute atomic E-state index is 13.3. The van der Waals surface area contributed by atoms with Crippen LogP contribution in [0.25, 0.3) is 0 Å². The van der Waals surface area contributed by atoms with E-state index in [1.54, 1.807) is 18.9 Å². The fourth-order valence-corrected chi connectivity index (χ4v) is 2.44. The molecule has 2 atom stereocenters. The number of aromatic nitrogens is 2. The fraction of sp³-hybridized carbons (Fsp3) is 0.636. The average Bonchev–Trinajstić information content (AvgIpc) is 2.31. The number of rotatable bonds is 6. The first-order chi connectivity index (χ1) is 8.45. The van der Waals surface area contributed by atoms with Crippen LogP contribution in [0.3, 0.4) is 0 Å². The zero-order chi connectivity index (χ0) is 13.7. The second kappa shape index (κ2) is 6.75. The second-order valence-electron chi connectivity index (χ2n) is 4.11. The number of nitrogens with zero attached hydrogens (tertiary/aromatic N) is 2. The molecule has 0 aliphatic heterocycles. The van der Waals surface area contributed by atoms with Gasteiger partial charge in [0.15, 0.2) is 11.6 Å². The summed E-state index contributed by atoms with van der Waals surface area (Å²) in [5.41, 5.74) is 4.70. The minimum atomic E-state index is -0.670. The summed E-state index contributed by atoms with van der Waals surface area (Å²) in [5, 5.41) is 0.319. The third-order valence-electron chi connectivity index (χ3n) is 2.43. The highest BCUT2D eigenvalue weighted by atomic mass is 32.2. The van der Waals surface area contributed by atoms with Crippen LogP contribution in [0.2, 0.25) is 0 Å². The number of nitrogens with two attached hydrogens (primary N) is 1. The molecule has 0 saturated carbocycles. The Kier molecular flexibility index (Phi) is 5.61. The molecule has 1 aromatic heterocycles. The summed E-state index contributed by atoms with van der Waals surface area (Å²) in [7, 11) is 1.64. The maximum Gasteiger partial charge on any atom is 0.349 e. The highest BCUT2D eigenvalue weighted by Gasteiger charge is 2.13. The summed E-state index contributed by atoms with van der Waals surface area (Å²) in [4.78, 5) is 15.0. The first-order valence-corrected chi connectivity index (χ1v) is 6.65. The van der Waals surface area contributed by atoms with E-state index in [0.29, 0.717) is 17.6 Å². The number of anilines is 1. The Morgan fingerprint density at radius 2 is 2.28 bits per heavy atom. The smallest absolute Gasteiger partial charge is 0.349 e. The Hall–Kier alpha value is -1.08. The standard InChI is InChI=1S/C11H18FN3O2S/c1-7(6-18-8(2)5-17-3)15-4-9(12)10(13)14-11(15)16/h4,7-8H,5-6H2,1-3H3,(H2,13,14,16)/t7-,8-/m0/s1. The van der Waals surface area contributed by atoms with E-state index in [2.05, 4.69) is 4.98 Å². The molecule has 0 amide bonds. The molecule has 1 rings (SSSR count). The van der Waals surface area contributed by atoms with Gasteiger partial charge in [0.2, 0.25) is 0 Å². The molecule has 102 valence electrons. The van der Waals surface area contributed by atoms with Gasteiger partial charge < -0.3 is 10.5 Å². The molecule has 1 heterocycles. The van der Waals surface area contributed by atoms with Crippen molar-refractivity contribution in [2.24, 2.45) is 0 Å². The predicted octanol–water partition coefficient (Wildman–Crippen LogP) is 1.29. The zero-order valence-electron chi connectivity index (χ0n) is 10.7. The van der Waals surface area contributed by atoms with Crippen molar-refractivity contribution in [1.29, 1.82) is 0 Å². The van der Waals surface area contributed by atoms with Crippen molar-refractivity contribution < 1.29 is 9.13 Å². The molecule has 1 aromatic rings. The summed E-state index contributed by atoms with van der Waals surface area (Å²) in [5.74, 6) is -0.351. The lowest BCUT2D eigenvalue weighted by molar-refractivity contribution is 0.203. The molecular weight excluding hydrogens is 257 g/mol. The Bertz CT molecular complexity index is 452. The molecular formula is C11H18FN3O2S. The first kappa shape index (κ1) is 15.0. The summed E-state index contributed by atoms with van der Waals surface area (Å²) in [6, 6.07) is -0.149. The third kappa shape index (κ3) is 3.99. The molecule has 2 N–H and O–H groups in total. The monoisotopic (exact) mass is 275 g/mol. The van der Waals surface area contributed by atoms with Crippen LogP contribution in [0.1, 0.15) is 19.9 Å². The molecule has 0 spiro atoms. The van der Waals surface area contributed by atoms with Crippen molar-refractivity contribution >= 4 is 17.6 Å². The van der Waals surface area contributed by atoms with E-state index in [4.69, 9.17) is 10.5 Å². The van der Waals surface area contributed by atoms with Gasteiger partial charge in [-0.2, -0.15) is 16.7 Å². The summed E-state index contributed by atoms with van der Waals surface area (Å²) in [6.07, 6.45) is 1.11. The molecule has 0 aliphatic carbocycles. The normalized spacial score (nSPS) is 14.4. The highest BCUT2D eigenvalue weighted by Crippen LogP contribution is 2.18. The highest BCUT2D eigenvalue weighted by molar-refractivity contribution is 7.99. The van der Waals surface area contributed by atoms with Crippen LogP contribution in [0.4, 0.5) is 10.2 Å². The summed E-state index contributed by atoms with van der Waals surface area (Å²) >= 11 is 1.66. The van der Waals surface area contributed by atoms with Crippen molar-refractivity contribution in [1.82, 2.24) is 9.55 Å². The predicted molar refractivity (Wildman–Crippen MR) is 71.4 cm³/mol. The van der Waals surface area contributed by atoms with Gasteiger partial charge in [0, 0.05) is 30.4 Å². The molecule has 0 saturated heterocycles. The SMILES string of the molecule is COC[C@H](C)SC[C@H](C)n1cc(F)c(N)nc1=O. The number of thioether (sulfide) groups is 1. The number of hydrogen-bond donors (Lipinski definition) is 1. The molecule has 0 aliphatic rings. The van der Waals surface area contributed by atoms with E-state index in [0.717, 1.165) is 6.20 Å². The molecule has 5 nitrogen and oxygen atoms in total. The van der Waals surface area contributed by atoms with Crippen molar-refractivity contribution in [3.63, 3.8) is 0 Å². The van der Waals surface area contributed by atoms with E-state index in [1.807, 2.05) is 13.8 Å². The molecule has 0 radical (unpaired) electrons. The molecule has 0 fully saturated rings. The lowest BCUT2D eigenvalue weighted by Gasteiger charge is -2.17. The van der Waals surface area contributed by atoms with Crippen LogP contribution in [0, 0.1) is 5.82 Å². The molecule has 18 heavy (non-hydrogen) atoms. The van der Waals surface area contributed by atoms with E-state index >= 15 is 0 Å². The van der Waals surface area contributed by atoms with Crippen LogP contribution < -0.4 is 11.4 Å². The lowest BCUT2D eigenvalue weighted by Crippen LogP contribution is -2.28. The van der Waals surface area contributed by atoms with Crippen LogP contribution in [0.5, 0.6) is 0 Å². The van der Waals surface area contributed by atoms with Gasteiger partial charge in [-0.25, -0.2) is 9.18 Å². The first-order valence-electron chi connectivity index (χ1n) is 5.60. The zero-order valence-corrected chi connectivity index (χ0v) is 11.5. The van der Waals surface area contributed by atoms with Crippen molar-refractivity contribution in [3.8, 4) is 0 Å². The second-order valence-corrected chi connectivity index (χ2v) is 5.58. The van der Waals surface area contributed by atoms with Gasteiger partial charge in [0.1, 0.15) is 0 Å². The molecule has 0 aromatic carbocycles. The van der Waals surface area contributed by atoms with Gasteiger partial charge in [0.05, 0.1) is 6.61 Å². The summed E-state index contributed by atoms with van der Waals surface area (Å²) in [6.45, 7) is 4.51. The topological polar surface area (TPSA) is 70.1 Å². The maximum atomic E-state index is 13.3. The number of halogens is 1. The van der Waals surface area contributed by atoms with E-state index < -0.39 is 11.5 Å². The van der Waals surface area contributed by atoms with Crippen LogP contribution in [-0.2, 0) is 4.74 Å². The van der Waals surface area contributed by atoms with Crippen molar-refractivity contribution in [2.45, 2.75) is 25.1 Å². The fourth-order valence-electron chi connectivity index (χ4n) is 1.44. The van der Waals surface area contributed by atoms with E-state index in [1.165, 1.54) is 4.57 Å². The van der Waals surface area contributed by atoms with Gasteiger partial charge in [0.25, 0.3) is 0 Å². The van der Waals surface area contributed by atoms with Gasteiger partial charge in [-0.15, -0.1) is 0 Å². The minimum absolute atomic E-state index is 0.149. The number of methoxy groups -OCH3 is 1. The van der Waals surface area contributed by atoms with Crippen molar-refractivity contribution in [2.75, 3.05) is 25.2 Å². The number of ether oxygens (including phenoxy) is 1. The Balaban J connectivity index is 2.70. The van der Waals surface area contributed by atoms with Crippen LogP contribution >= 0.6 is 11.8 Å². The summed E-state index contributed by atoms with van der Waals surface area (Å²) < 4.78 is 19.5.